The number of hydrogen-bond acceptors (Lipinski definition) is 4. The summed E-state index contributed by atoms with van der Waals surface area (Å²) in [5, 5.41) is 12.3. The van der Waals surface area contributed by atoms with Crippen molar-refractivity contribution < 1.29 is 0 Å². The van der Waals surface area contributed by atoms with Gasteiger partial charge in [-0.15, -0.1) is 5.11 Å². The highest BCUT2D eigenvalue weighted by Crippen LogP contribution is 2.16. The standard InChI is InChI=1S/C9H6N4O2S/c14-8-6-2-1-5(11-10-4-16)3-7(6)9(15)13-12-8/h1-4H,(H,12,14)(H,13,15). The third-order valence-electron chi connectivity index (χ3n) is 2.00. The Balaban J connectivity index is 2.75. The second-order valence-corrected chi connectivity index (χ2v) is 3.17. The molecule has 0 spiro atoms. The molecule has 1 aromatic carbocycles. The Kier molecular flexibility index (Phi) is 2.69. The van der Waals surface area contributed by atoms with Crippen molar-refractivity contribution >= 4 is 34.2 Å². The highest BCUT2D eigenvalue weighted by atomic mass is 32.1. The van der Waals surface area contributed by atoms with Crippen LogP contribution in [0.4, 0.5) is 5.69 Å². The molecule has 0 aliphatic rings. The first-order valence-corrected chi connectivity index (χ1v) is 4.79. The Bertz CT molecular complexity index is 686. The fraction of sp³-hybridized carbons (Fsp3) is 0. The molecule has 6 nitrogen and oxygen atoms in total. The number of azo groups is 1. The molecular weight excluding hydrogens is 228 g/mol. The van der Waals surface area contributed by atoms with Crippen molar-refractivity contribution in [3.05, 3.63) is 38.9 Å². The van der Waals surface area contributed by atoms with Crippen LogP contribution in [-0.2, 0) is 0 Å². The lowest BCUT2D eigenvalue weighted by molar-refractivity contribution is 0.976. The molecule has 0 bridgehead atoms. The Morgan fingerprint density at radius 2 is 1.81 bits per heavy atom. The van der Waals surface area contributed by atoms with Crippen molar-refractivity contribution in [1.82, 2.24) is 10.2 Å². The van der Waals surface area contributed by atoms with Crippen LogP contribution in [0.3, 0.4) is 0 Å². The van der Waals surface area contributed by atoms with E-state index in [2.05, 4.69) is 32.6 Å². The van der Waals surface area contributed by atoms with Crippen molar-refractivity contribution in [3.8, 4) is 0 Å². The zero-order valence-electron chi connectivity index (χ0n) is 7.93. The minimum atomic E-state index is -0.381. The number of benzene rings is 1. The summed E-state index contributed by atoms with van der Waals surface area (Å²) in [6.07, 6.45) is 0. The van der Waals surface area contributed by atoms with E-state index in [0.717, 1.165) is 5.49 Å². The Hall–Kier alpha value is -2.15. The van der Waals surface area contributed by atoms with E-state index in [0.29, 0.717) is 11.1 Å². The Morgan fingerprint density at radius 3 is 2.50 bits per heavy atom. The van der Waals surface area contributed by atoms with E-state index in [-0.39, 0.29) is 16.5 Å². The van der Waals surface area contributed by atoms with Crippen molar-refractivity contribution in [3.63, 3.8) is 0 Å². The molecule has 1 aromatic heterocycles. The van der Waals surface area contributed by atoms with Crippen LogP contribution in [0, 0.1) is 0 Å². The second-order valence-electron chi connectivity index (χ2n) is 2.96. The van der Waals surface area contributed by atoms with E-state index < -0.39 is 0 Å². The lowest BCUT2D eigenvalue weighted by Gasteiger charge is -1.96. The third kappa shape index (κ3) is 1.80. The predicted octanol–water partition coefficient (Wildman–Crippen LogP) is 1.26. The zero-order chi connectivity index (χ0) is 11.5. The summed E-state index contributed by atoms with van der Waals surface area (Å²) < 4.78 is 0. The van der Waals surface area contributed by atoms with Gasteiger partial charge in [-0.05, 0) is 18.2 Å². The molecule has 0 amide bonds. The molecule has 0 radical (unpaired) electrons. The first-order chi connectivity index (χ1) is 7.72. The van der Waals surface area contributed by atoms with Crippen molar-refractivity contribution in [2.45, 2.75) is 0 Å². The minimum absolute atomic E-state index is 0.268. The van der Waals surface area contributed by atoms with Crippen LogP contribution in [0.1, 0.15) is 0 Å². The normalized spacial score (nSPS) is 11.0. The molecule has 0 aliphatic carbocycles. The van der Waals surface area contributed by atoms with Gasteiger partial charge in [0, 0.05) is 0 Å². The average molecular weight is 234 g/mol. The van der Waals surface area contributed by atoms with Crippen LogP contribution in [0.2, 0.25) is 0 Å². The molecule has 0 fully saturated rings. The van der Waals surface area contributed by atoms with Gasteiger partial charge in [-0.25, -0.2) is 0 Å². The van der Waals surface area contributed by atoms with E-state index in [9.17, 15) is 9.59 Å². The smallest absolute Gasteiger partial charge is 0.267 e. The fourth-order valence-electron chi connectivity index (χ4n) is 1.32. The summed E-state index contributed by atoms with van der Waals surface area (Å²) >= 11 is 4.49. The van der Waals surface area contributed by atoms with Gasteiger partial charge in [0.2, 0.25) is 0 Å². The summed E-state index contributed by atoms with van der Waals surface area (Å²) in [6.45, 7) is 0. The first kappa shape index (κ1) is 10.4. The van der Waals surface area contributed by atoms with Crippen molar-refractivity contribution in [1.29, 1.82) is 0 Å². The van der Waals surface area contributed by atoms with Gasteiger partial charge < -0.3 is 0 Å². The molecule has 80 valence electrons. The molecule has 2 rings (SSSR count). The first-order valence-electron chi connectivity index (χ1n) is 4.31. The van der Waals surface area contributed by atoms with Crippen LogP contribution in [0.15, 0.2) is 38.0 Å². The second kappa shape index (κ2) is 4.15. The van der Waals surface area contributed by atoms with E-state index in [1.165, 1.54) is 12.1 Å². The van der Waals surface area contributed by atoms with Crippen molar-refractivity contribution in [2.75, 3.05) is 0 Å². The quantitative estimate of drug-likeness (QED) is 0.605. The lowest BCUT2D eigenvalue weighted by atomic mass is 10.2. The van der Waals surface area contributed by atoms with Gasteiger partial charge in [0.25, 0.3) is 11.1 Å². The summed E-state index contributed by atoms with van der Waals surface area (Å²) in [4.78, 5) is 22.8. The van der Waals surface area contributed by atoms with E-state index in [1.54, 1.807) is 6.07 Å². The van der Waals surface area contributed by atoms with Gasteiger partial charge in [-0.1, -0.05) is 12.2 Å². The van der Waals surface area contributed by atoms with E-state index in [4.69, 9.17) is 0 Å². The molecule has 1 heterocycles. The molecule has 16 heavy (non-hydrogen) atoms. The average Bonchev–Trinajstić information content (AvgIpc) is 2.31. The fourth-order valence-corrected chi connectivity index (χ4v) is 1.37. The van der Waals surface area contributed by atoms with Crippen LogP contribution in [0.25, 0.3) is 10.8 Å². The molecule has 0 saturated carbocycles. The summed E-state index contributed by atoms with van der Waals surface area (Å²) in [5.74, 6) is 0. The number of thiocarbonyl (C=S) groups is 1. The van der Waals surface area contributed by atoms with Gasteiger partial charge in [0.15, 0.2) is 0 Å². The van der Waals surface area contributed by atoms with Crippen LogP contribution >= 0.6 is 12.2 Å². The zero-order valence-corrected chi connectivity index (χ0v) is 8.75. The molecule has 0 atom stereocenters. The summed E-state index contributed by atoms with van der Waals surface area (Å²) in [5.41, 5.74) is 0.846. The summed E-state index contributed by atoms with van der Waals surface area (Å²) in [7, 11) is 0. The largest absolute Gasteiger partial charge is 0.270 e. The molecule has 0 unspecified atom stereocenters. The van der Waals surface area contributed by atoms with E-state index >= 15 is 0 Å². The monoisotopic (exact) mass is 234 g/mol. The van der Waals surface area contributed by atoms with Crippen LogP contribution < -0.4 is 11.1 Å². The predicted molar refractivity (Wildman–Crippen MR) is 63.4 cm³/mol. The number of rotatable bonds is 2. The molecule has 0 aliphatic heterocycles. The number of aromatic amines is 2. The maximum Gasteiger partial charge on any atom is 0.270 e. The van der Waals surface area contributed by atoms with Gasteiger partial charge in [-0.3, -0.25) is 19.8 Å². The van der Waals surface area contributed by atoms with Gasteiger partial charge >= 0.3 is 0 Å². The number of fused-ring (bicyclic) bond motifs is 1. The van der Waals surface area contributed by atoms with Gasteiger partial charge in [-0.2, -0.15) is 5.11 Å². The van der Waals surface area contributed by atoms with Crippen molar-refractivity contribution in [2.24, 2.45) is 10.2 Å². The highest BCUT2D eigenvalue weighted by molar-refractivity contribution is 7.78. The Morgan fingerprint density at radius 1 is 1.12 bits per heavy atom. The molecular formula is C9H6N4O2S. The van der Waals surface area contributed by atoms with Gasteiger partial charge in [0.05, 0.1) is 16.5 Å². The molecule has 7 heteroatoms. The summed E-state index contributed by atoms with van der Waals surface area (Å²) in [6, 6.07) is 4.58. The number of nitrogens with zero attached hydrogens (tertiary/aromatic N) is 2. The number of hydrogen-bond donors (Lipinski definition) is 2. The number of H-pyrrole nitrogens is 2. The van der Waals surface area contributed by atoms with Crippen LogP contribution in [-0.4, -0.2) is 15.7 Å². The van der Waals surface area contributed by atoms with Crippen LogP contribution in [0.5, 0.6) is 0 Å². The molecule has 0 saturated heterocycles. The number of aromatic nitrogens is 2. The molecule has 2 N–H and O–H groups in total. The van der Waals surface area contributed by atoms with Gasteiger partial charge in [0.1, 0.15) is 5.49 Å². The topological polar surface area (TPSA) is 90.4 Å². The number of nitrogens with one attached hydrogen (secondary N) is 2. The minimum Gasteiger partial charge on any atom is -0.267 e. The lowest BCUT2D eigenvalue weighted by Crippen LogP contribution is -2.18. The van der Waals surface area contributed by atoms with E-state index in [1.807, 2.05) is 0 Å². The molecule has 2 aromatic rings. The SMILES string of the molecule is O=c1[nH][nH]c(=O)c2cc(N=NC=S)ccc12. The Labute approximate surface area is 94.0 Å². The highest BCUT2D eigenvalue weighted by Gasteiger charge is 2.03. The third-order valence-corrected chi connectivity index (χ3v) is 2.10. The maximum absolute atomic E-state index is 11.4. The maximum atomic E-state index is 11.4.